The van der Waals surface area contributed by atoms with E-state index in [1.165, 1.54) is 0 Å². The Labute approximate surface area is 69.6 Å². The third-order valence-electron chi connectivity index (χ3n) is 1.56. The summed E-state index contributed by atoms with van der Waals surface area (Å²) in [4.78, 5) is 3.96. The molecule has 0 saturated carbocycles. The van der Waals surface area contributed by atoms with Crippen LogP contribution in [0.25, 0.3) is 10.8 Å². The molecule has 0 bridgehead atoms. The predicted octanol–water partition coefficient (Wildman–Crippen LogP) is 2.69. The van der Waals surface area contributed by atoms with Crippen LogP contribution in [-0.2, 0) is 0 Å². The molecule has 0 saturated heterocycles. The van der Waals surface area contributed by atoms with E-state index in [4.69, 9.17) is 11.6 Å². The molecule has 2 heteroatoms. The van der Waals surface area contributed by atoms with Gasteiger partial charge in [-0.3, -0.25) is 0 Å². The predicted molar refractivity (Wildman–Crippen MR) is 45.6 cm³/mol. The van der Waals surface area contributed by atoms with Gasteiger partial charge in [0.1, 0.15) is 5.15 Å². The van der Waals surface area contributed by atoms with Gasteiger partial charge in [-0.2, -0.15) is 0 Å². The van der Waals surface area contributed by atoms with Gasteiger partial charge in [0, 0.05) is 11.6 Å². The first-order chi connectivity index (χ1) is 5.38. The largest absolute Gasteiger partial charge is 0.244 e. The Morgan fingerprint density at radius 3 is 3.09 bits per heavy atom. The Bertz CT molecular complexity index is 379. The van der Waals surface area contributed by atoms with Crippen molar-refractivity contribution in [1.82, 2.24) is 4.98 Å². The highest BCUT2D eigenvalue weighted by Crippen LogP contribution is 2.19. The van der Waals surface area contributed by atoms with E-state index < -0.39 is 0 Å². The fraction of sp³-hybridized carbons (Fsp3) is 0. The van der Waals surface area contributed by atoms with Gasteiger partial charge in [-0.25, -0.2) is 4.98 Å². The molecule has 1 nitrogen and oxygen atoms in total. The molecular weight excluding hydrogens is 158 g/mol. The first-order valence-electron chi connectivity index (χ1n) is 3.28. The maximum Gasteiger partial charge on any atom is 0.136 e. The van der Waals surface area contributed by atoms with Gasteiger partial charge in [0.25, 0.3) is 0 Å². The number of rotatable bonds is 0. The summed E-state index contributed by atoms with van der Waals surface area (Å²) in [6.07, 6.45) is 1.69. The summed E-state index contributed by atoms with van der Waals surface area (Å²) in [6, 6.07) is 10.5. The number of aromatic nitrogens is 1. The molecule has 0 aliphatic carbocycles. The second-order valence-corrected chi connectivity index (χ2v) is 2.61. The fourth-order valence-corrected chi connectivity index (χ4v) is 1.25. The molecule has 1 heterocycles. The van der Waals surface area contributed by atoms with Crippen molar-refractivity contribution in [2.45, 2.75) is 0 Å². The smallest absolute Gasteiger partial charge is 0.136 e. The summed E-state index contributed by atoms with van der Waals surface area (Å²) >= 11 is 5.83. The van der Waals surface area contributed by atoms with E-state index in [1.54, 1.807) is 6.20 Å². The SMILES string of the molecule is Clc1nccc2c[c]ccc12. The Hall–Kier alpha value is -1.08. The Balaban J connectivity index is 2.91. The Morgan fingerprint density at radius 1 is 1.36 bits per heavy atom. The molecule has 0 aliphatic rings. The molecule has 0 fully saturated rings. The molecule has 2 rings (SSSR count). The first kappa shape index (κ1) is 6.62. The molecule has 0 unspecified atom stereocenters. The molecular formula is C9H5ClN. The van der Waals surface area contributed by atoms with E-state index in [-0.39, 0.29) is 0 Å². The number of hydrogen-bond donors (Lipinski definition) is 0. The van der Waals surface area contributed by atoms with Crippen molar-refractivity contribution in [1.29, 1.82) is 0 Å². The van der Waals surface area contributed by atoms with Crippen molar-refractivity contribution in [3.63, 3.8) is 0 Å². The summed E-state index contributed by atoms with van der Waals surface area (Å²) in [5.41, 5.74) is 0. The van der Waals surface area contributed by atoms with E-state index in [9.17, 15) is 0 Å². The molecule has 0 aliphatic heterocycles. The molecule has 0 spiro atoms. The molecule has 53 valence electrons. The van der Waals surface area contributed by atoms with Gasteiger partial charge >= 0.3 is 0 Å². The van der Waals surface area contributed by atoms with Crippen LogP contribution in [0.15, 0.2) is 30.5 Å². The van der Waals surface area contributed by atoms with Gasteiger partial charge in [0.15, 0.2) is 0 Å². The minimum absolute atomic E-state index is 0.552. The van der Waals surface area contributed by atoms with E-state index in [0.717, 1.165) is 10.8 Å². The molecule has 0 atom stereocenters. The lowest BCUT2D eigenvalue weighted by molar-refractivity contribution is 1.36. The van der Waals surface area contributed by atoms with Crippen LogP contribution in [0.4, 0.5) is 0 Å². The van der Waals surface area contributed by atoms with Crippen molar-refractivity contribution in [3.8, 4) is 0 Å². The molecule has 11 heavy (non-hydrogen) atoms. The highest BCUT2D eigenvalue weighted by Gasteiger charge is 1.95. The van der Waals surface area contributed by atoms with Crippen LogP contribution in [0.2, 0.25) is 5.15 Å². The minimum atomic E-state index is 0.552. The number of pyridine rings is 1. The highest BCUT2D eigenvalue weighted by molar-refractivity contribution is 6.34. The van der Waals surface area contributed by atoms with Crippen molar-refractivity contribution in [2.24, 2.45) is 0 Å². The third kappa shape index (κ3) is 1.08. The second kappa shape index (κ2) is 2.51. The van der Waals surface area contributed by atoms with Gasteiger partial charge in [0.05, 0.1) is 0 Å². The van der Waals surface area contributed by atoms with Crippen molar-refractivity contribution in [2.75, 3.05) is 0 Å². The molecule has 1 radical (unpaired) electrons. The number of halogens is 1. The zero-order chi connectivity index (χ0) is 7.68. The van der Waals surface area contributed by atoms with E-state index in [2.05, 4.69) is 11.1 Å². The number of fused-ring (bicyclic) bond motifs is 1. The molecule has 2 aromatic rings. The maximum atomic E-state index is 5.83. The van der Waals surface area contributed by atoms with E-state index in [0.29, 0.717) is 5.15 Å². The van der Waals surface area contributed by atoms with Crippen LogP contribution >= 0.6 is 11.6 Å². The summed E-state index contributed by atoms with van der Waals surface area (Å²) in [5, 5.41) is 2.61. The summed E-state index contributed by atoms with van der Waals surface area (Å²) in [7, 11) is 0. The van der Waals surface area contributed by atoms with Gasteiger partial charge in [-0.15, -0.1) is 0 Å². The van der Waals surface area contributed by atoms with Crippen LogP contribution in [-0.4, -0.2) is 4.98 Å². The average Bonchev–Trinajstić information content (AvgIpc) is 2.06. The zero-order valence-corrected chi connectivity index (χ0v) is 6.47. The first-order valence-corrected chi connectivity index (χ1v) is 3.66. The summed E-state index contributed by atoms with van der Waals surface area (Å²) < 4.78 is 0. The van der Waals surface area contributed by atoms with Crippen molar-refractivity contribution in [3.05, 3.63) is 41.7 Å². The lowest BCUT2D eigenvalue weighted by Crippen LogP contribution is -1.76. The summed E-state index contributed by atoms with van der Waals surface area (Å²) in [5.74, 6) is 0. The Kier molecular flexibility index (Phi) is 1.51. The number of benzene rings is 1. The number of nitrogens with zero attached hydrogens (tertiary/aromatic N) is 1. The minimum Gasteiger partial charge on any atom is -0.244 e. The lowest BCUT2D eigenvalue weighted by atomic mass is 10.2. The molecule has 1 aromatic carbocycles. The molecule has 0 amide bonds. The van der Waals surface area contributed by atoms with Crippen molar-refractivity contribution < 1.29 is 0 Å². The van der Waals surface area contributed by atoms with E-state index in [1.807, 2.05) is 24.3 Å². The van der Waals surface area contributed by atoms with Crippen LogP contribution < -0.4 is 0 Å². The quantitative estimate of drug-likeness (QED) is 0.543. The number of hydrogen-bond acceptors (Lipinski definition) is 1. The second-order valence-electron chi connectivity index (χ2n) is 2.25. The van der Waals surface area contributed by atoms with E-state index >= 15 is 0 Å². The van der Waals surface area contributed by atoms with Crippen LogP contribution in [0, 0.1) is 6.07 Å². The van der Waals surface area contributed by atoms with Gasteiger partial charge in [-0.1, -0.05) is 23.7 Å². The van der Waals surface area contributed by atoms with Gasteiger partial charge < -0.3 is 0 Å². The normalized spacial score (nSPS) is 10.3. The standard InChI is InChI=1S/C9H5ClN/c10-9-8-4-2-1-3-7(8)5-6-11-9/h2-6H. The molecule has 0 N–H and O–H groups in total. The fourth-order valence-electron chi connectivity index (χ4n) is 1.02. The lowest BCUT2D eigenvalue weighted by Gasteiger charge is -1.95. The molecule has 1 aromatic heterocycles. The third-order valence-corrected chi connectivity index (χ3v) is 1.86. The van der Waals surface area contributed by atoms with Crippen molar-refractivity contribution >= 4 is 22.4 Å². The van der Waals surface area contributed by atoms with Crippen LogP contribution in [0.5, 0.6) is 0 Å². The maximum absolute atomic E-state index is 5.83. The zero-order valence-electron chi connectivity index (χ0n) is 5.71. The monoisotopic (exact) mass is 162 g/mol. The topological polar surface area (TPSA) is 12.9 Å². The van der Waals surface area contributed by atoms with Crippen LogP contribution in [0.3, 0.4) is 0 Å². The van der Waals surface area contributed by atoms with Crippen LogP contribution in [0.1, 0.15) is 0 Å². The van der Waals surface area contributed by atoms with Gasteiger partial charge in [-0.05, 0) is 23.6 Å². The Morgan fingerprint density at radius 2 is 2.27 bits per heavy atom. The van der Waals surface area contributed by atoms with Gasteiger partial charge in [0.2, 0.25) is 0 Å². The highest BCUT2D eigenvalue weighted by atomic mass is 35.5. The summed E-state index contributed by atoms with van der Waals surface area (Å²) in [6.45, 7) is 0. The average molecular weight is 163 g/mol.